The monoisotopic (exact) mass is 308 g/mol. The second-order valence-electron chi connectivity index (χ2n) is 4.92. The van der Waals surface area contributed by atoms with Crippen LogP contribution in [0.1, 0.15) is 18.9 Å². The molecule has 2 N–H and O–H groups in total. The predicted octanol–water partition coefficient (Wildman–Crippen LogP) is 1.44. The molecule has 21 heavy (non-hydrogen) atoms. The van der Waals surface area contributed by atoms with Crippen molar-refractivity contribution in [2.75, 3.05) is 0 Å². The molecule has 1 fully saturated rings. The summed E-state index contributed by atoms with van der Waals surface area (Å²) in [5, 5.41) is 20.1. The molecule has 0 radical (unpaired) electrons. The minimum Gasteiger partial charge on any atom is -0.269 e. The first-order valence-corrected chi connectivity index (χ1v) is 7.76. The molecule has 3 rings (SSSR count). The Morgan fingerprint density at radius 1 is 1.38 bits per heavy atom. The Morgan fingerprint density at radius 3 is 2.67 bits per heavy atom. The van der Waals surface area contributed by atoms with Crippen LogP contribution in [-0.2, 0) is 10.0 Å². The summed E-state index contributed by atoms with van der Waals surface area (Å²) in [5.74, 6) is 0. The van der Waals surface area contributed by atoms with Gasteiger partial charge in [-0.1, -0.05) is 0 Å². The number of rotatable bonds is 4. The topological polar surface area (TPSA) is 121 Å². The molecule has 0 aliphatic heterocycles. The number of nitrogens with zero attached hydrogens (tertiary/aromatic N) is 3. The van der Waals surface area contributed by atoms with Gasteiger partial charge in [0, 0.05) is 29.5 Å². The van der Waals surface area contributed by atoms with Crippen LogP contribution < -0.4 is 5.14 Å². The summed E-state index contributed by atoms with van der Waals surface area (Å²) >= 11 is 0. The molecule has 1 heterocycles. The zero-order valence-electron chi connectivity index (χ0n) is 10.8. The Morgan fingerprint density at radius 2 is 2.10 bits per heavy atom. The first-order valence-electron chi connectivity index (χ1n) is 6.22. The minimum atomic E-state index is -4.07. The lowest BCUT2D eigenvalue weighted by atomic mass is 10.1. The van der Waals surface area contributed by atoms with Gasteiger partial charge in [0.2, 0.25) is 10.0 Å². The molecule has 2 aromatic rings. The standard InChI is InChI=1S/C12H12N4O4S/c13-21(19,20)12-5-10(16(17)18)3-4-11(12)8-6-14-15(7-8)9-1-2-9/h3-7,9H,1-2H2,(H2,13,19,20). The Labute approximate surface area is 120 Å². The maximum absolute atomic E-state index is 11.7. The normalized spacial score (nSPS) is 15.1. The lowest BCUT2D eigenvalue weighted by molar-refractivity contribution is -0.385. The summed E-state index contributed by atoms with van der Waals surface area (Å²) in [7, 11) is -4.07. The summed E-state index contributed by atoms with van der Waals surface area (Å²) in [4.78, 5) is 9.85. The van der Waals surface area contributed by atoms with E-state index in [9.17, 15) is 18.5 Å². The summed E-state index contributed by atoms with van der Waals surface area (Å²) < 4.78 is 25.1. The van der Waals surface area contributed by atoms with Crippen LogP contribution in [0.3, 0.4) is 0 Å². The number of benzene rings is 1. The van der Waals surface area contributed by atoms with Crippen LogP contribution in [0.5, 0.6) is 0 Å². The number of hydrogen-bond donors (Lipinski definition) is 1. The summed E-state index contributed by atoms with van der Waals surface area (Å²) in [5.41, 5.74) is 0.563. The Balaban J connectivity index is 2.13. The molecule has 1 aromatic carbocycles. The quantitative estimate of drug-likeness (QED) is 0.676. The van der Waals surface area contributed by atoms with Crippen LogP contribution in [0.15, 0.2) is 35.5 Å². The number of non-ortho nitro benzene ring substituents is 1. The van der Waals surface area contributed by atoms with E-state index >= 15 is 0 Å². The van der Waals surface area contributed by atoms with Crippen LogP contribution in [0.4, 0.5) is 5.69 Å². The Bertz CT molecular complexity index is 824. The third-order valence-corrected chi connectivity index (χ3v) is 4.27. The fraction of sp³-hybridized carbons (Fsp3) is 0.250. The smallest absolute Gasteiger partial charge is 0.269 e. The zero-order valence-corrected chi connectivity index (χ0v) is 11.7. The molecule has 0 spiro atoms. The van der Waals surface area contributed by atoms with Gasteiger partial charge >= 0.3 is 0 Å². The van der Waals surface area contributed by atoms with Crippen molar-refractivity contribution in [1.82, 2.24) is 9.78 Å². The third kappa shape index (κ3) is 2.65. The molecular weight excluding hydrogens is 296 g/mol. The molecule has 0 unspecified atom stereocenters. The number of nitrogens with two attached hydrogens (primary N) is 1. The molecule has 8 nitrogen and oxygen atoms in total. The largest absolute Gasteiger partial charge is 0.270 e. The van der Waals surface area contributed by atoms with E-state index in [0.717, 1.165) is 18.9 Å². The van der Waals surface area contributed by atoms with Crippen molar-refractivity contribution in [1.29, 1.82) is 0 Å². The van der Waals surface area contributed by atoms with Gasteiger partial charge < -0.3 is 0 Å². The van der Waals surface area contributed by atoms with Crippen molar-refractivity contribution in [3.05, 3.63) is 40.7 Å². The van der Waals surface area contributed by atoms with Gasteiger partial charge in [0.15, 0.2) is 0 Å². The van der Waals surface area contributed by atoms with Crippen LogP contribution in [0.2, 0.25) is 0 Å². The third-order valence-electron chi connectivity index (χ3n) is 3.32. The van der Waals surface area contributed by atoms with Gasteiger partial charge in [-0.2, -0.15) is 5.10 Å². The molecule has 1 aliphatic carbocycles. The van der Waals surface area contributed by atoms with Crippen molar-refractivity contribution in [2.45, 2.75) is 23.8 Å². The van der Waals surface area contributed by atoms with Gasteiger partial charge in [0.25, 0.3) is 5.69 Å². The van der Waals surface area contributed by atoms with Crippen molar-refractivity contribution >= 4 is 15.7 Å². The first kappa shape index (κ1) is 13.7. The zero-order chi connectivity index (χ0) is 15.2. The Kier molecular flexibility index (Phi) is 3.03. The first-order chi connectivity index (χ1) is 9.86. The molecule has 1 saturated carbocycles. The fourth-order valence-electron chi connectivity index (χ4n) is 2.11. The van der Waals surface area contributed by atoms with Gasteiger partial charge in [-0.25, -0.2) is 13.6 Å². The number of sulfonamides is 1. The van der Waals surface area contributed by atoms with Crippen molar-refractivity contribution in [3.8, 4) is 11.1 Å². The predicted molar refractivity (Wildman–Crippen MR) is 74.0 cm³/mol. The van der Waals surface area contributed by atoms with Crippen molar-refractivity contribution in [2.24, 2.45) is 5.14 Å². The average molecular weight is 308 g/mol. The summed E-state index contributed by atoms with van der Waals surface area (Å²) in [6.07, 6.45) is 5.36. The van der Waals surface area contributed by atoms with Gasteiger partial charge in [-0.3, -0.25) is 14.8 Å². The number of aromatic nitrogens is 2. The van der Waals surface area contributed by atoms with Gasteiger partial charge in [0.1, 0.15) is 0 Å². The van der Waals surface area contributed by atoms with Gasteiger partial charge in [-0.15, -0.1) is 0 Å². The average Bonchev–Trinajstić information content (AvgIpc) is 3.15. The number of primary sulfonamides is 1. The van der Waals surface area contributed by atoms with E-state index in [-0.39, 0.29) is 10.6 Å². The molecule has 0 bridgehead atoms. The van der Waals surface area contributed by atoms with Crippen LogP contribution in [0.25, 0.3) is 11.1 Å². The molecule has 1 aliphatic rings. The van der Waals surface area contributed by atoms with E-state index in [1.54, 1.807) is 10.9 Å². The molecular formula is C12H12N4O4S. The number of nitro benzene ring substituents is 1. The number of nitro groups is 1. The van der Waals surface area contributed by atoms with Crippen molar-refractivity contribution in [3.63, 3.8) is 0 Å². The highest BCUT2D eigenvalue weighted by atomic mass is 32.2. The highest BCUT2D eigenvalue weighted by molar-refractivity contribution is 7.89. The van der Waals surface area contributed by atoms with E-state index in [1.807, 2.05) is 0 Å². The SMILES string of the molecule is NS(=O)(=O)c1cc([N+](=O)[O-])ccc1-c1cnn(C2CC2)c1. The highest BCUT2D eigenvalue weighted by Crippen LogP contribution is 2.36. The highest BCUT2D eigenvalue weighted by Gasteiger charge is 2.26. The van der Waals surface area contributed by atoms with Crippen LogP contribution >= 0.6 is 0 Å². The van der Waals surface area contributed by atoms with Gasteiger partial charge in [-0.05, 0) is 18.9 Å². The second kappa shape index (κ2) is 4.64. The Hall–Kier alpha value is -2.26. The van der Waals surface area contributed by atoms with Gasteiger partial charge in [0.05, 0.1) is 22.1 Å². The maximum Gasteiger partial charge on any atom is 0.270 e. The molecule has 1 aromatic heterocycles. The molecule has 0 atom stereocenters. The van der Waals surface area contributed by atoms with E-state index in [0.29, 0.717) is 17.2 Å². The molecule has 0 amide bonds. The maximum atomic E-state index is 11.7. The number of hydrogen-bond acceptors (Lipinski definition) is 5. The molecule has 110 valence electrons. The second-order valence-corrected chi connectivity index (χ2v) is 6.45. The van der Waals surface area contributed by atoms with Crippen LogP contribution in [-0.4, -0.2) is 23.1 Å². The lowest BCUT2D eigenvalue weighted by Crippen LogP contribution is -2.13. The lowest BCUT2D eigenvalue weighted by Gasteiger charge is -2.05. The molecule has 9 heteroatoms. The van der Waals surface area contributed by atoms with Crippen LogP contribution in [0, 0.1) is 10.1 Å². The van der Waals surface area contributed by atoms with E-state index in [1.165, 1.54) is 18.3 Å². The fourth-order valence-corrected chi connectivity index (χ4v) is 2.89. The minimum absolute atomic E-state index is 0.271. The van der Waals surface area contributed by atoms with E-state index in [4.69, 9.17) is 5.14 Å². The van der Waals surface area contributed by atoms with E-state index in [2.05, 4.69) is 5.10 Å². The molecule has 0 saturated heterocycles. The van der Waals surface area contributed by atoms with Crippen molar-refractivity contribution < 1.29 is 13.3 Å². The summed E-state index contributed by atoms with van der Waals surface area (Å²) in [6.45, 7) is 0. The van der Waals surface area contributed by atoms with E-state index < -0.39 is 14.9 Å². The summed E-state index contributed by atoms with van der Waals surface area (Å²) in [6, 6.07) is 3.96.